The lowest BCUT2D eigenvalue weighted by Gasteiger charge is -2.10. The number of thiophene rings is 1. The third kappa shape index (κ3) is 5.51. The van der Waals surface area contributed by atoms with Crippen molar-refractivity contribution in [1.29, 1.82) is 0 Å². The first-order valence-corrected chi connectivity index (χ1v) is 19.1. The van der Waals surface area contributed by atoms with Gasteiger partial charge in [0.05, 0.1) is 0 Å². The molecule has 0 bridgehead atoms. The number of hydrogen-bond donors (Lipinski definition) is 0. The molecule has 0 atom stereocenters. The zero-order valence-corrected chi connectivity index (χ0v) is 30.5. The number of furan rings is 1. The number of para-hydroxylation sites is 1. The Morgan fingerprint density at radius 2 is 0.804 bits per heavy atom. The minimum atomic E-state index is 0.586. The van der Waals surface area contributed by atoms with Crippen LogP contribution in [-0.4, -0.2) is 29.9 Å². The van der Waals surface area contributed by atoms with Crippen LogP contribution in [0, 0.1) is 0 Å². The lowest BCUT2D eigenvalue weighted by atomic mass is 10.0. The summed E-state index contributed by atoms with van der Waals surface area (Å²) in [5.74, 6) is 3.67. The maximum atomic E-state index is 6.24. The first kappa shape index (κ1) is 32.0. The number of benzene rings is 7. The molecule has 0 aliphatic heterocycles. The summed E-state index contributed by atoms with van der Waals surface area (Å²) in [7, 11) is 0. The highest BCUT2D eigenvalue weighted by atomic mass is 32.1. The summed E-state index contributed by atoms with van der Waals surface area (Å²) in [6.07, 6.45) is 0. The molecule has 0 unspecified atom stereocenters. The molecule has 0 fully saturated rings. The van der Waals surface area contributed by atoms with E-state index in [0.717, 1.165) is 75.5 Å². The Morgan fingerprint density at radius 3 is 1.41 bits per heavy atom. The molecular weight excluding hydrogens is 709 g/mol. The predicted molar refractivity (Wildman–Crippen MR) is 226 cm³/mol. The van der Waals surface area contributed by atoms with Gasteiger partial charge in [0, 0.05) is 64.3 Å². The average Bonchev–Trinajstić information content (AvgIpc) is 3.85. The van der Waals surface area contributed by atoms with Gasteiger partial charge in [-0.3, -0.25) is 0 Å². The topological polar surface area (TPSA) is 90.5 Å². The summed E-state index contributed by atoms with van der Waals surface area (Å²) < 4.78 is 8.48. The molecule has 0 N–H and O–H groups in total. The number of aromatic nitrogens is 6. The summed E-state index contributed by atoms with van der Waals surface area (Å²) in [5, 5.41) is 4.22. The van der Waals surface area contributed by atoms with Crippen LogP contribution >= 0.6 is 11.3 Å². The van der Waals surface area contributed by atoms with E-state index < -0.39 is 0 Å². The quantitative estimate of drug-likeness (QED) is 0.168. The fraction of sp³-hybridized carbons (Fsp3) is 0. The Labute approximate surface area is 324 Å². The van der Waals surface area contributed by atoms with Gasteiger partial charge in [-0.05, 0) is 24.3 Å². The fourth-order valence-electron chi connectivity index (χ4n) is 7.38. The van der Waals surface area contributed by atoms with Crippen LogP contribution in [0.2, 0.25) is 0 Å². The van der Waals surface area contributed by atoms with Gasteiger partial charge >= 0.3 is 0 Å². The van der Waals surface area contributed by atoms with Crippen LogP contribution in [0.3, 0.4) is 0 Å². The third-order valence-electron chi connectivity index (χ3n) is 10.0. The zero-order chi connectivity index (χ0) is 37.0. The van der Waals surface area contributed by atoms with Crippen molar-refractivity contribution in [1.82, 2.24) is 29.9 Å². The summed E-state index contributed by atoms with van der Waals surface area (Å²) in [4.78, 5) is 30.3. The van der Waals surface area contributed by atoms with Crippen molar-refractivity contribution in [2.75, 3.05) is 0 Å². The molecule has 7 aromatic carbocycles. The zero-order valence-electron chi connectivity index (χ0n) is 29.7. The van der Waals surface area contributed by atoms with Crippen molar-refractivity contribution in [2.45, 2.75) is 0 Å². The molecule has 0 radical (unpaired) electrons. The van der Waals surface area contributed by atoms with Gasteiger partial charge in [0.25, 0.3) is 0 Å². The van der Waals surface area contributed by atoms with Gasteiger partial charge in [0.15, 0.2) is 34.9 Å². The van der Waals surface area contributed by atoms with Gasteiger partial charge in [-0.15, -0.1) is 11.3 Å². The van der Waals surface area contributed by atoms with Gasteiger partial charge in [0.1, 0.15) is 11.2 Å². The summed E-state index contributed by atoms with van der Waals surface area (Å²) in [6.45, 7) is 0. The van der Waals surface area contributed by atoms with Crippen LogP contribution in [-0.2, 0) is 0 Å². The first-order valence-electron chi connectivity index (χ1n) is 18.3. The van der Waals surface area contributed by atoms with E-state index in [1.165, 1.54) is 0 Å². The van der Waals surface area contributed by atoms with Gasteiger partial charge < -0.3 is 4.42 Å². The molecule has 4 aromatic heterocycles. The van der Waals surface area contributed by atoms with E-state index in [9.17, 15) is 0 Å². The SMILES string of the molecule is c1ccc(-c2nc(-c3ccc4c(c3)sc3cccc(-c5nc(-c6ccccc6)nc(-c6ccccc6)n5)c34)nc(-c3cccc4oc5ccccc5c34)n2)cc1. The predicted octanol–water partition coefficient (Wildman–Crippen LogP) is 12.3. The molecule has 4 heterocycles. The van der Waals surface area contributed by atoms with E-state index in [0.29, 0.717) is 34.9 Å². The number of nitrogens with zero attached hydrogens (tertiary/aromatic N) is 6. The maximum Gasteiger partial charge on any atom is 0.164 e. The molecule has 8 heteroatoms. The first-order chi connectivity index (χ1) is 27.7. The molecule has 0 aliphatic carbocycles. The van der Waals surface area contributed by atoms with Crippen molar-refractivity contribution < 1.29 is 4.42 Å². The summed E-state index contributed by atoms with van der Waals surface area (Å²) in [6, 6.07) is 57.1. The molecule has 0 spiro atoms. The standard InChI is InChI=1S/C48H28N6OS/c1-4-14-29(15-5-1)43-49-44(30-16-6-2-7-17-30)53-48(52-43)36-22-13-25-39-42(36)34-27-26-32(28-40(34)56-39)46-50-45(31-18-8-3-9-19-31)51-47(54-46)35-21-12-24-38-41(35)33-20-10-11-23-37(33)55-38/h1-28H. The second-order valence-electron chi connectivity index (χ2n) is 13.5. The Balaban J connectivity index is 1.08. The Morgan fingerprint density at radius 1 is 0.321 bits per heavy atom. The van der Waals surface area contributed by atoms with Crippen molar-refractivity contribution in [3.8, 4) is 68.3 Å². The van der Waals surface area contributed by atoms with E-state index in [2.05, 4.69) is 48.5 Å². The lowest BCUT2D eigenvalue weighted by molar-refractivity contribution is 0.669. The maximum absolute atomic E-state index is 6.24. The fourth-order valence-corrected chi connectivity index (χ4v) is 8.55. The lowest BCUT2D eigenvalue weighted by Crippen LogP contribution is -2.00. The van der Waals surface area contributed by atoms with Gasteiger partial charge in [0.2, 0.25) is 0 Å². The molecule has 11 aromatic rings. The van der Waals surface area contributed by atoms with Crippen molar-refractivity contribution in [3.63, 3.8) is 0 Å². The molecule has 262 valence electrons. The molecule has 7 nitrogen and oxygen atoms in total. The molecule has 0 saturated heterocycles. The van der Waals surface area contributed by atoms with Crippen molar-refractivity contribution >= 4 is 53.4 Å². The summed E-state index contributed by atoms with van der Waals surface area (Å²) in [5.41, 5.74) is 7.14. The van der Waals surface area contributed by atoms with Crippen LogP contribution in [0.4, 0.5) is 0 Å². The number of fused-ring (bicyclic) bond motifs is 6. The van der Waals surface area contributed by atoms with E-state index >= 15 is 0 Å². The monoisotopic (exact) mass is 736 g/mol. The van der Waals surface area contributed by atoms with Crippen molar-refractivity contribution in [3.05, 3.63) is 170 Å². The minimum Gasteiger partial charge on any atom is -0.456 e. The van der Waals surface area contributed by atoms with Gasteiger partial charge in [-0.1, -0.05) is 146 Å². The second kappa shape index (κ2) is 13.2. The highest BCUT2D eigenvalue weighted by Crippen LogP contribution is 2.42. The third-order valence-corrected chi connectivity index (χ3v) is 11.1. The largest absolute Gasteiger partial charge is 0.456 e. The molecule has 0 amide bonds. The van der Waals surface area contributed by atoms with E-state index in [-0.39, 0.29) is 0 Å². The van der Waals surface area contributed by atoms with Crippen LogP contribution in [0.5, 0.6) is 0 Å². The Bertz CT molecular complexity index is 3200. The summed E-state index contributed by atoms with van der Waals surface area (Å²) >= 11 is 1.73. The Kier molecular flexibility index (Phi) is 7.53. The molecule has 0 saturated carbocycles. The smallest absolute Gasteiger partial charge is 0.164 e. The highest BCUT2D eigenvalue weighted by Gasteiger charge is 2.20. The van der Waals surface area contributed by atoms with Crippen LogP contribution < -0.4 is 0 Å². The van der Waals surface area contributed by atoms with Crippen LogP contribution in [0.25, 0.3) is 110 Å². The molecule has 0 aliphatic rings. The normalized spacial score (nSPS) is 11.6. The van der Waals surface area contributed by atoms with Crippen molar-refractivity contribution in [2.24, 2.45) is 0 Å². The van der Waals surface area contributed by atoms with Crippen LogP contribution in [0.15, 0.2) is 174 Å². The molecule has 11 rings (SSSR count). The highest BCUT2D eigenvalue weighted by molar-refractivity contribution is 7.26. The van der Waals surface area contributed by atoms with E-state index in [4.69, 9.17) is 34.3 Å². The Hall–Kier alpha value is -7.42. The number of hydrogen-bond acceptors (Lipinski definition) is 8. The average molecular weight is 737 g/mol. The molecular formula is C48H28N6OS. The van der Waals surface area contributed by atoms with E-state index in [1.807, 2.05) is 121 Å². The minimum absolute atomic E-state index is 0.586. The van der Waals surface area contributed by atoms with E-state index in [1.54, 1.807) is 11.3 Å². The second-order valence-corrected chi connectivity index (χ2v) is 14.6. The van der Waals surface area contributed by atoms with Crippen LogP contribution in [0.1, 0.15) is 0 Å². The molecule has 56 heavy (non-hydrogen) atoms. The van der Waals surface area contributed by atoms with Gasteiger partial charge in [-0.25, -0.2) is 29.9 Å². The van der Waals surface area contributed by atoms with Gasteiger partial charge in [-0.2, -0.15) is 0 Å². The number of rotatable bonds is 6.